The summed E-state index contributed by atoms with van der Waals surface area (Å²) in [6, 6.07) is 0. The van der Waals surface area contributed by atoms with E-state index >= 15 is 0 Å². The number of hydrogen-bond donors (Lipinski definition) is 2. The monoisotopic (exact) mass is 210 g/mol. The summed E-state index contributed by atoms with van der Waals surface area (Å²) in [7, 11) is 0. The second kappa shape index (κ2) is 6.51. The van der Waals surface area contributed by atoms with E-state index in [0.717, 1.165) is 12.8 Å². The highest BCUT2D eigenvalue weighted by Gasteiger charge is 2.20. The van der Waals surface area contributed by atoms with Crippen LogP contribution in [0.25, 0.3) is 0 Å². The summed E-state index contributed by atoms with van der Waals surface area (Å²) in [5, 5.41) is 12.7. The van der Waals surface area contributed by atoms with Gasteiger partial charge in [0.05, 0.1) is 0 Å². The van der Waals surface area contributed by atoms with Crippen LogP contribution in [-0.2, 0) is 0 Å². The van der Waals surface area contributed by atoms with Crippen LogP contribution in [-0.4, -0.2) is 22.4 Å². The average molecular weight is 210 g/mol. The standard InChI is InChI=1S/C12H22N2O/c1-3-4-5-6-7-8-12-13-9-10-14(12)11(2)15/h3,9-13,15H,1,4-8H2,2H3. The van der Waals surface area contributed by atoms with Crippen LogP contribution in [0.1, 0.15) is 39.0 Å². The van der Waals surface area contributed by atoms with Gasteiger partial charge in [0.2, 0.25) is 0 Å². The zero-order valence-corrected chi connectivity index (χ0v) is 9.52. The number of nitrogens with one attached hydrogen (secondary N) is 1. The van der Waals surface area contributed by atoms with Gasteiger partial charge in [0.1, 0.15) is 12.4 Å². The topological polar surface area (TPSA) is 35.5 Å². The van der Waals surface area contributed by atoms with Crippen LogP contribution in [0.15, 0.2) is 25.1 Å². The molecule has 2 N–H and O–H groups in total. The van der Waals surface area contributed by atoms with Gasteiger partial charge < -0.3 is 15.3 Å². The van der Waals surface area contributed by atoms with E-state index in [-0.39, 0.29) is 6.17 Å². The first-order chi connectivity index (χ1) is 7.25. The van der Waals surface area contributed by atoms with E-state index in [1.165, 1.54) is 19.3 Å². The van der Waals surface area contributed by atoms with Gasteiger partial charge in [0.25, 0.3) is 0 Å². The van der Waals surface area contributed by atoms with E-state index in [1.807, 2.05) is 23.4 Å². The minimum atomic E-state index is -0.408. The Morgan fingerprint density at radius 2 is 2.33 bits per heavy atom. The maximum Gasteiger partial charge on any atom is 0.125 e. The van der Waals surface area contributed by atoms with E-state index in [9.17, 15) is 5.11 Å². The molecule has 3 heteroatoms. The number of aliphatic hydroxyl groups excluding tert-OH is 1. The van der Waals surface area contributed by atoms with E-state index in [1.54, 1.807) is 6.92 Å². The average Bonchev–Trinajstić information content (AvgIpc) is 2.66. The van der Waals surface area contributed by atoms with Gasteiger partial charge in [0.15, 0.2) is 0 Å². The predicted octanol–water partition coefficient (Wildman–Crippen LogP) is 2.16. The van der Waals surface area contributed by atoms with Gasteiger partial charge in [0, 0.05) is 12.4 Å². The number of rotatable bonds is 7. The van der Waals surface area contributed by atoms with E-state index in [0.29, 0.717) is 0 Å². The summed E-state index contributed by atoms with van der Waals surface area (Å²) in [6.45, 7) is 5.50. The molecule has 0 spiro atoms. The van der Waals surface area contributed by atoms with Crippen molar-refractivity contribution in [3.05, 3.63) is 25.1 Å². The molecule has 0 saturated heterocycles. The molecular formula is C12H22N2O. The number of allylic oxidation sites excluding steroid dienone is 1. The minimum Gasteiger partial charge on any atom is -0.374 e. The first-order valence-corrected chi connectivity index (χ1v) is 5.75. The highest BCUT2D eigenvalue weighted by molar-refractivity contribution is 4.94. The molecule has 1 rings (SSSR count). The number of unbranched alkanes of at least 4 members (excludes halogenated alkanes) is 3. The Bertz CT molecular complexity index is 214. The molecule has 15 heavy (non-hydrogen) atoms. The molecule has 0 aromatic carbocycles. The van der Waals surface area contributed by atoms with Crippen molar-refractivity contribution in [2.24, 2.45) is 0 Å². The number of aliphatic hydroxyl groups is 1. The maximum absolute atomic E-state index is 9.48. The van der Waals surface area contributed by atoms with Crippen molar-refractivity contribution in [1.82, 2.24) is 10.2 Å². The minimum absolute atomic E-state index is 0.272. The molecule has 0 amide bonds. The van der Waals surface area contributed by atoms with Crippen molar-refractivity contribution in [1.29, 1.82) is 0 Å². The van der Waals surface area contributed by atoms with Crippen LogP contribution in [0.2, 0.25) is 0 Å². The molecule has 2 unspecified atom stereocenters. The third-order valence-electron chi connectivity index (χ3n) is 2.71. The van der Waals surface area contributed by atoms with Crippen LogP contribution in [0.4, 0.5) is 0 Å². The molecule has 0 aliphatic carbocycles. The summed E-state index contributed by atoms with van der Waals surface area (Å²) >= 11 is 0. The fraction of sp³-hybridized carbons (Fsp3) is 0.667. The van der Waals surface area contributed by atoms with Crippen LogP contribution < -0.4 is 5.32 Å². The molecule has 2 atom stereocenters. The Kier molecular flexibility index (Phi) is 5.26. The van der Waals surface area contributed by atoms with Gasteiger partial charge in [-0.1, -0.05) is 12.5 Å². The largest absolute Gasteiger partial charge is 0.374 e. The third-order valence-corrected chi connectivity index (χ3v) is 2.71. The molecule has 86 valence electrons. The van der Waals surface area contributed by atoms with Crippen LogP contribution in [0, 0.1) is 0 Å². The smallest absolute Gasteiger partial charge is 0.125 e. The van der Waals surface area contributed by atoms with Crippen molar-refractivity contribution < 1.29 is 5.11 Å². The van der Waals surface area contributed by atoms with Gasteiger partial charge in [-0.3, -0.25) is 0 Å². The van der Waals surface area contributed by atoms with E-state index in [2.05, 4.69) is 11.9 Å². The lowest BCUT2D eigenvalue weighted by molar-refractivity contribution is 0.0254. The fourth-order valence-corrected chi connectivity index (χ4v) is 1.85. The van der Waals surface area contributed by atoms with Gasteiger partial charge in [-0.05, 0) is 32.6 Å². The van der Waals surface area contributed by atoms with Crippen LogP contribution >= 0.6 is 0 Å². The highest BCUT2D eigenvalue weighted by atomic mass is 16.3. The van der Waals surface area contributed by atoms with Gasteiger partial charge in [-0.2, -0.15) is 0 Å². The second-order valence-electron chi connectivity index (χ2n) is 4.00. The van der Waals surface area contributed by atoms with Crippen molar-refractivity contribution in [2.75, 3.05) is 0 Å². The van der Waals surface area contributed by atoms with Gasteiger partial charge >= 0.3 is 0 Å². The SMILES string of the molecule is C=CCCCCCC1NC=CN1C(C)O. The summed E-state index contributed by atoms with van der Waals surface area (Å²) in [5.74, 6) is 0. The summed E-state index contributed by atoms with van der Waals surface area (Å²) in [5.41, 5.74) is 0. The predicted molar refractivity (Wildman–Crippen MR) is 62.9 cm³/mol. The molecular weight excluding hydrogens is 188 g/mol. The van der Waals surface area contributed by atoms with E-state index < -0.39 is 6.23 Å². The Morgan fingerprint density at radius 3 is 3.00 bits per heavy atom. The zero-order valence-electron chi connectivity index (χ0n) is 9.52. The van der Waals surface area contributed by atoms with E-state index in [4.69, 9.17) is 0 Å². The third kappa shape index (κ3) is 3.96. The Hall–Kier alpha value is -0.960. The van der Waals surface area contributed by atoms with Crippen LogP contribution in [0.3, 0.4) is 0 Å². The Labute approximate surface area is 92.5 Å². The van der Waals surface area contributed by atoms with Gasteiger partial charge in [-0.15, -0.1) is 6.58 Å². The Morgan fingerprint density at radius 1 is 1.53 bits per heavy atom. The summed E-state index contributed by atoms with van der Waals surface area (Å²) in [6.07, 6.45) is 11.5. The molecule has 0 aromatic heterocycles. The molecule has 0 bridgehead atoms. The molecule has 0 radical (unpaired) electrons. The number of hydrogen-bond acceptors (Lipinski definition) is 3. The molecule has 0 saturated carbocycles. The summed E-state index contributed by atoms with van der Waals surface area (Å²) < 4.78 is 0. The molecule has 1 aliphatic rings. The first kappa shape index (κ1) is 12.1. The lowest BCUT2D eigenvalue weighted by Gasteiger charge is -2.28. The molecule has 3 nitrogen and oxygen atoms in total. The Balaban J connectivity index is 2.13. The highest BCUT2D eigenvalue weighted by Crippen LogP contribution is 2.15. The zero-order chi connectivity index (χ0) is 11.1. The molecule has 1 aliphatic heterocycles. The molecule has 1 heterocycles. The fourth-order valence-electron chi connectivity index (χ4n) is 1.85. The summed E-state index contributed by atoms with van der Waals surface area (Å²) in [4.78, 5) is 1.95. The number of nitrogens with zero attached hydrogens (tertiary/aromatic N) is 1. The van der Waals surface area contributed by atoms with Crippen LogP contribution in [0.5, 0.6) is 0 Å². The maximum atomic E-state index is 9.48. The normalized spacial score (nSPS) is 21.5. The first-order valence-electron chi connectivity index (χ1n) is 5.75. The lowest BCUT2D eigenvalue weighted by Crippen LogP contribution is -2.40. The lowest BCUT2D eigenvalue weighted by atomic mass is 10.1. The van der Waals surface area contributed by atoms with Crippen molar-refractivity contribution in [2.45, 2.75) is 51.4 Å². The van der Waals surface area contributed by atoms with Crippen molar-refractivity contribution in [3.63, 3.8) is 0 Å². The van der Waals surface area contributed by atoms with Crippen molar-refractivity contribution >= 4 is 0 Å². The quantitative estimate of drug-likeness (QED) is 0.499. The van der Waals surface area contributed by atoms with Gasteiger partial charge in [-0.25, -0.2) is 0 Å². The molecule has 0 aromatic rings. The molecule has 0 fully saturated rings. The van der Waals surface area contributed by atoms with Crippen molar-refractivity contribution in [3.8, 4) is 0 Å². The second-order valence-corrected chi connectivity index (χ2v) is 4.00.